The van der Waals surface area contributed by atoms with Gasteiger partial charge in [-0.2, -0.15) is 8.75 Å². The second-order valence-corrected chi connectivity index (χ2v) is 10.9. The molecule has 0 spiro atoms. The quantitative estimate of drug-likeness (QED) is 0.162. The lowest BCUT2D eigenvalue weighted by Crippen LogP contribution is -2.39. The maximum atomic E-state index is 11.4. The van der Waals surface area contributed by atoms with Crippen molar-refractivity contribution in [3.63, 3.8) is 0 Å². The minimum atomic E-state index is -1.14. The van der Waals surface area contributed by atoms with Crippen molar-refractivity contribution in [3.8, 4) is 34.1 Å². The van der Waals surface area contributed by atoms with Gasteiger partial charge in [-0.15, -0.1) is 0 Å². The molecule has 12 heteroatoms. The van der Waals surface area contributed by atoms with Crippen LogP contribution in [-0.4, -0.2) is 50.8 Å². The van der Waals surface area contributed by atoms with Gasteiger partial charge in [0, 0.05) is 29.3 Å². The maximum Gasteiger partial charge on any atom is 0.323 e. The van der Waals surface area contributed by atoms with Gasteiger partial charge < -0.3 is 29.2 Å². The van der Waals surface area contributed by atoms with E-state index < -0.39 is 18.6 Å². The van der Waals surface area contributed by atoms with Crippen LogP contribution in [0.4, 0.5) is 0 Å². The molecule has 0 amide bonds. The standard InChI is InChI=1S/C32H28ClN3O7S/c33-31-22(2-1-3-24(31)20-6-9-28-30(13-20)41-11-10-40-28)18-42-23-7-5-21(15-34-27(16-37)32(38)39)29(14-23)43-17-19-4-8-25-26(12-19)36-44-35-25/h1-9,12-14,27,34,37H,10-11,15-18H2,(H,38,39)/t27-/m1/s1. The number of aliphatic hydroxyl groups excluding tert-OH is 1. The van der Waals surface area contributed by atoms with Gasteiger partial charge in [0.2, 0.25) is 0 Å². The fraction of sp³-hybridized carbons (Fsp3) is 0.219. The Balaban J connectivity index is 1.20. The van der Waals surface area contributed by atoms with Gasteiger partial charge in [0.15, 0.2) is 11.5 Å². The highest BCUT2D eigenvalue weighted by atomic mass is 35.5. The molecule has 226 valence electrons. The van der Waals surface area contributed by atoms with Gasteiger partial charge in [-0.1, -0.05) is 48.0 Å². The monoisotopic (exact) mass is 633 g/mol. The number of benzene rings is 4. The summed E-state index contributed by atoms with van der Waals surface area (Å²) in [7, 11) is 0. The summed E-state index contributed by atoms with van der Waals surface area (Å²) in [5, 5.41) is 22.2. The predicted octanol–water partition coefficient (Wildman–Crippen LogP) is 5.48. The van der Waals surface area contributed by atoms with Crippen LogP contribution in [0.5, 0.6) is 23.0 Å². The van der Waals surface area contributed by atoms with Crippen molar-refractivity contribution in [2.45, 2.75) is 25.8 Å². The van der Waals surface area contributed by atoms with Crippen molar-refractivity contribution in [3.05, 3.63) is 94.5 Å². The SMILES string of the molecule is O=C(O)[C@@H](CO)NCc1ccc(OCc2cccc(-c3ccc4c(c3)OCCO4)c2Cl)cc1OCc1ccc2nsnc2c1. The summed E-state index contributed by atoms with van der Waals surface area (Å²) >= 11 is 8.00. The Morgan fingerprint density at radius 3 is 2.61 bits per heavy atom. The van der Waals surface area contributed by atoms with Crippen LogP contribution >= 0.6 is 23.3 Å². The number of ether oxygens (including phenoxy) is 4. The number of carboxylic acids is 1. The Hall–Kier alpha value is -4.42. The molecular formula is C32H28ClN3O7S. The number of nitrogens with zero attached hydrogens (tertiary/aromatic N) is 2. The number of carboxylic acid groups (broad SMARTS) is 1. The van der Waals surface area contributed by atoms with Crippen LogP contribution in [0.1, 0.15) is 16.7 Å². The molecule has 1 aromatic heterocycles. The first-order chi connectivity index (χ1) is 21.5. The summed E-state index contributed by atoms with van der Waals surface area (Å²) in [6.45, 7) is 1.09. The van der Waals surface area contributed by atoms with Crippen LogP contribution in [0.25, 0.3) is 22.2 Å². The van der Waals surface area contributed by atoms with Gasteiger partial charge in [0.25, 0.3) is 0 Å². The van der Waals surface area contributed by atoms with E-state index in [1.807, 2.05) is 54.6 Å². The van der Waals surface area contributed by atoms with E-state index in [2.05, 4.69) is 14.1 Å². The average molecular weight is 634 g/mol. The van der Waals surface area contributed by atoms with Crippen molar-refractivity contribution in [1.29, 1.82) is 0 Å². The normalized spacial score (nSPS) is 13.0. The van der Waals surface area contributed by atoms with Gasteiger partial charge in [-0.3, -0.25) is 10.1 Å². The van der Waals surface area contributed by atoms with E-state index in [0.717, 1.165) is 45.0 Å². The van der Waals surface area contributed by atoms with Crippen molar-refractivity contribution in [1.82, 2.24) is 14.1 Å². The van der Waals surface area contributed by atoms with Crippen LogP contribution < -0.4 is 24.3 Å². The van der Waals surface area contributed by atoms with Gasteiger partial charge in [-0.05, 0) is 41.5 Å². The minimum Gasteiger partial charge on any atom is -0.489 e. The zero-order valence-electron chi connectivity index (χ0n) is 23.4. The molecule has 0 saturated heterocycles. The third-order valence-corrected chi connectivity index (χ3v) is 8.10. The number of aromatic nitrogens is 2. The molecule has 0 aliphatic carbocycles. The van der Waals surface area contributed by atoms with Crippen LogP contribution in [0, 0.1) is 0 Å². The summed E-state index contributed by atoms with van der Waals surface area (Å²) in [5.41, 5.74) is 5.76. The molecule has 0 radical (unpaired) electrons. The fourth-order valence-corrected chi connectivity index (χ4v) is 5.54. The second-order valence-electron chi connectivity index (χ2n) is 10.0. The van der Waals surface area contributed by atoms with Crippen LogP contribution in [0.15, 0.2) is 72.8 Å². The second kappa shape index (κ2) is 13.5. The van der Waals surface area contributed by atoms with E-state index in [1.54, 1.807) is 18.2 Å². The topological polar surface area (TPSA) is 132 Å². The molecule has 0 bridgehead atoms. The summed E-state index contributed by atoms with van der Waals surface area (Å²) in [6, 6.07) is 21.5. The molecular weight excluding hydrogens is 606 g/mol. The van der Waals surface area contributed by atoms with E-state index in [1.165, 1.54) is 0 Å². The summed E-state index contributed by atoms with van der Waals surface area (Å²) in [4.78, 5) is 11.4. The number of halogens is 1. The minimum absolute atomic E-state index is 0.158. The molecule has 2 heterocycles. The summed E-state index contributed by atoms with van der Waals surface area (Å²) < 4.78 is 32.2. The lowest BCUT2D eigenvalue weighted by atomic mass is 10.0. The van der Waals surface area contributed by atoms with Crippen LogP contribution in [0.2, 0.25) is 5.02 Å². The highest BCUT2D eigenvalue weighted by Crippen LogP contribution is 2.38. The Morgan fingerprint density at radius 1 is 0.932 bits per heavy atom. The number of aliphatic hydroxyl groups is 1. The molecule has 5 aromatic rings. The molecule has 1 aliphatic rings. The lowest BCUT2D eigenvalue weighted by molar-refractivity contribution is -0.140. The van der Waals surface area contributed by atoms with E-state index in [-0.39, 0.29) is 19.8 Å². The number of fused-ring (bicyclic) bond motifs is 2. The number of hydrogen-bond donors (Lipinski definition) is 3. The van der Waals surface area contributed by atoms with Crippen LogP contribution in [-0.2, 0) is 24.6 Å². The van der Waals surface area contributed by atoms with Crippen molar-refractivity contribution in [2.24, 2.45) is 0 Å². The van der Waals surface area contributed by atoms with Gasteiger partial charge >= 0.3 is 5.97 Å². The van der Waals surface area contributed by atoms with Gasteiger partial charge in [0.05, 0.1) is 23.4 Å². The largest absolute Gasteiger partial charge is 0.489 e. The van der Waals surface area contributed by atoms with E-state index in [4.69, 9.17) is 30.5 Å². The summed E-state index contributed by atoms with van der Waals surface area (Å²) in [6.07, 6.45) is 0. The molecule has 6 rings (SSSR count). The number of nitrogens with one attached hydrogen (secondary N) is 1. The third-order valence-electron chi connectivity index (χ3n) is 7.10. The van der Waals surface area contributed by atoms with Crippen molar-refractivity contribution >= 4 is 40.3 Å². The number of hydrogen-bond acceptors (Lipinski definition) is 10. The summed E-state index contributed by atoms with van der Waals surface area (Å²) in [5.74, 6) is 1.30. The molecule has 44 heavy (non-hydrogen) atoms. The predicted molar refractivity (Wildman–Crippen MR) is 166 cm³/mol. The first kappa shape index (κ1) is 29.6. The molecule has 1 atom stereocenters. The number of rotatable bonds is 12. The maximum absolute atomic E-state index is 11.4. The fourth-order valence-electron chi connectivity index (χ4n) is 4.73. The first-order valence-corrected chi connectivity index (χ1v) is 14.9. The zero-order valence-corrected chi connectivity index (χ0v) is 24.9. The highest BCUT2D eigenvalue weighted by Gasteiger charge is 2.18. The van der Waals surface area contributed by atoms with Gasteiger partial charge in [0.1, 0.15) is 55.0 Å². The Bertz CT molecular complexity index is 1800. The number of carbonyl (C=O) groups is 1. The van der Waals surface area contributed by atoms with E-state index in [0.29, 0.717) is 46.8 Å². The van der Waals surface area contributed by atoms with E-state index >= 15 is 0 Å². The molecule has 3 N–H and O–H groups in total. The van der Waals surface area contributed by atoms with Crippen LogP contribution in [0.3, 0.4) is 0 Å². The third kappa shape index (κ3) is 6.71. The Kier molecular flexibility index (Phi) is 9.08. The molecule has 10 nitrogen and oxygen atoms in total. The van der Waals surface area contributed by atoms with Gasteiger partial charge in [-0.25, -0.2) is 0 Å². The lowest BCUT2D eigenvalue weighted by Gasteiger charge is -2.19. The molecule has 1 aliphatic heterocycles. The Morgan fingerprint density at radius 2 is 1.77 bits per heavy atom. The molecule has 4 aromatic carbocycles. The van der Waals surface area contributed by atoms with Crippen molar-refractivity contribution in [2.75, 3.05) is 19.8 Å². The zero-order chi connectivity index (χ0) is 30.5. The Labute approximate surface area is 262 Å². The first-order valence-electron chi connectivity index (χ1n) is 13.8. The van der Waals surface area contributed by atoms with E-state index in [9.17, 15) is 15.0 Å². The molecule has 0 unspecified atom stereocenters. The highest BCUT2D eigenvalue weighted by molar-refractivity contribution is 7.00. The smallest absolute Gasteiger partial charge is 0.323 e. The molecule has 0 fully saturated rings. The number of aliphatic carboxylic acids is 1. The molecule has 0 saturated carbocycles. The van der Waals surface area contributed by atoms with Crippen molar-refractivity contribution < 1.29 is 34.0 Å². The average Bonchev–Trinajstić information content (AvgIpc) is 3.52.